The van der Waals surface area contributed by atoms with Gasteiger partial charge in [0.2, 0.25) is 6.71 Å². The Morgan fingerprint density at radius 1 is 0.593 bits per heavy atom. The lowest BCUT2D eigenvalue weighted by Gasteiger charge is -2.44. The van der Waals surface area contributed by atoms with E-state index in [1.807, 2.05) is 0 Å². The lowest BCUT2D eigenvalue weighted by molar-refractivity contribution is 0.108. The van der Waals surface area contributed by atoms with Crippen LogP contribution in [0.1, 0.15) is 5.56 Å². The monoisotopic (exact) mass is 397 g/mol. The molecule has 1 heterocycles. The molecular weight excluding hydrogens is 385 g/mol. The maximum absolute atomic E-state index is 14.6. The highest BCUT2D eigenvalue weighted by molar-refractivity contribution is 7.10. The zero-order chi connectivity index (χ0) is 21.0. The second-order valence-corrected chi connectivity index (χ2v) is 7.08. The number of halogens is 9. The van der Waals surface area contributed by atoms with Crippen molar-refractivity contribution in [3.8, 4) is 0 Å². The highest BCUT2D eigenvalue weighted by Crippen LogP contribution is 2.22. The van der Waals surface area contributed by atoms with Crippen LogP contribution in [0.4, 0.5) is 39.9 Å². The average molecular weight is 397 g/mol. The van der Waals surface area contributed by atoms with Crippen LogP contribution in [0.15, 0.2) is 0 Å². The molecule has 0 unspecified atom stereocenters. The molecule has 1 aliphatic heterocycles. The quantitative estimate of drug-likeness (QED) is 0.278. The van der Waals surface area contributed by atoms with Gasteiger partial charge in [-0.3, -0.25) is 0 Å². The van der Waals surface area contributed by atoms with Crippen molar-refractivity contribution in [2.45, 2.75) is 27.4 Å². The molecule has 0 spiro atoms. The first-order valence-corrected chi connectivity index (χ1v) is 7.85. The molecular formula is C16H12B2F9-. The molecule has 146 valence electrons. The Bertz CT molecular complexity index is 867. The van der Waals surface area contributed by atoms with Crippen LogP contribution in [0, 0.1) is 47.6 Å². The summed E-state index contributed by atoms with van der Waals surface area (Å²) in [6, 6.07) is 0. The summed E-state index contributed by atoms with van der Waals surface area (Å²) in [7, 11) is 0. The Morgan fingerprint density at radius 2 is 0.963 bits per heavy atom. The predicted molar refractivity (Wildman–Crippen MR) is 87.2 cm³/mol. The molecule has 1 aliphatic rings. The minimum atomic E-state index is -2.63. The van der Waals surface area contributed by atoms with E-state index in [2.05, 4.69) is 0 Å². The van der Waals surface area contributed by atoms with Crippen LogP contribution in [0.25, 0.3) is 0 Å². The average Bonchev–Trinajstić information content (AvgIpc) is 2.63. The van der Waals surface area contributed by atoms with Gasteiger partial charge in [-0.05, 0) is 6.92 Å². The predicted octanol–water partition coefficient (Wildman–Crippen LogP) is 3.18. The topological polar surface area (TPSA) is 0 Å². The molecule has 0 bridgehead atoms. The highest BCUT2D eigenvalue weighted by atomic mass is 20.0. The summed E-state index contributed by atoms with van der Waals surface area (Å²) >= 11 is 0. The highest BCUT2D eigenvalue weighted by Gasteiger charge is 2.43. The van der Waals surface area contributed by atoms with Crippen LogP contribution in [0.5, 0.6) is 0 Å². The van der Waals surface area contributed by atoms with Crippen molar-refractivity contribution in [2.24, 2.45) is 0 Å². The molecule has 27 heavy (non-hydrogen) atoms. The van der Waals surface area contributed by atoms with E-state index in [1.165, 1.54) is 20.5 Å². The van der Waals surface area contributed by atoms with Gasteiger partial charge < -0.3 is 0 Å². The number of rotatable bonds is 0. The zero-order valence-corrected chi connectivity index (χ0v) is 14.6. The van der Waals surface area contributed by atoms with E-state index >= 15 is 0 Å². The molecule has 0 saturated carbocycles. The van der Waals surface area contributed by atoms with E-state index in [0.29, 0.717) is 0 Å². The summed E-state index contributed by atoms with van der Waals surface area (Å²) in [5.74, 6) is -11.3. The zero-order valence-electron chi connectivity index (χ0n) is 14.6. The number of benzene rings is 2. The summed E-state index contributed by atoms with van der Waals surface area (Å²) in [5, 5.41) is 0. The largest absolute Gasteiger partial charge is 0.207 e. The first kappa shape index (κ1) is 21.2. The Balaban J connectivity index is 0.00000126. The van der Waals surface area contributed by atoms with Crippen molar-refractivity contribution in [3.05, 3.63) is 46.3 Å². The van der Waals surface area contributed by atoms with E-state index in [4.69, 9.17) is 9.15 Å². The molecule has 0 atom stereocenters. The molecule has 0 aromatic heterocycles. The summed E-state index contributed by atoms with van der Waals surface area (Å²) in [6.07, 6.45) is -2.63. The second-order valence-electron chi connectivity index (χ2n) is 7.08. The van der Waals surface area contributed by atoms with Gasteiger partial charge in [0.15, 0.2) is 23.3 Å². The van der Waals surface area contributed by atoms with Crippen molar-refractivity contribution in [3.63, 3.8) is 0 Å². The first-order chi connectivity index (χ1) is 12.4. The van der Waals surface area contributed by atoms with Gasteiger partial charge in [0.1, 0.15) is 17.5 Å². The van der Waals surface area contributed by atoms with Crippen molar-refractivity contribution in [1.29, 1.82) is 0 Å². The van der Waals surface area contributed by atoms with Gasteiger partial charge in [-0.2, -0.15) is 24.6 Å². The first-order valence-electron chi connectivity index (χ1n) is 7.85. The SMILES string of the molecule is CB1c2c(F)c(C)c(F)c(F)c2[B-](C)(C)c2c(F)c(F)c(F)c(F)c21.FF. The molecule has 0 fully saturated rings. The Kier molecular flexibility index (Phi) is 5.38. The van der Waals surface area contributed by atoms with Crippen LogP contribution in [0.3, 0.4) is 0 Å². The standard InChI is InChI=1S/C16H12B2F7.F2/c1-5-10(19)6-8(13(22)11(5)20)18(3,4)9-7(17(6)2)12(21)15(24)16(25)14(9)23;1-2/h1-4H3;/q-1;. The Hall–Kier alpha value is -2.06. The minimum Gasteiger partial charge on any atom is -0.207 e. The normalized spacial score (nSPS) is 14.3. The lowest BCUT2D eigenvalue weighted by atomic mass is 9.13. The minimum absolute atomic E-state index is 0.363. The van der Waals surface area contributed by atoms with E-state index < -0.39 is 75.5 Å². The fourth-order valence-electron chi connectivity index (χ4n) is 4.03. The van der Waals surface area contributed by atoms with E-state index in [1.54, 1.807) is 0 Å². The van der Waals surface area contributed by atoms with Gasteiger partial charge in [0, 0.05) is 14.7 Å². The molecule has 11 heteroatoms. The maximum atomic E-state index is 14.6. The smallest absolute Gasteiger partial charge is 0.206 e. The third kappa shape index (κ3) is 2.65. The van der Waals surface area contributed by atoms with Gasteiger partial charge in [0.05, 0.1) is 6.15 Å². The van der Waals surface area contributed by atoms with Crippen LogP contribution >= 0.6 is 0 Å². The summed E-state index contributed by atoms with van der Waals surface area (Å²) in [5.41, 5.74) is -2.60. The Morgan fingerprint density at radius 3 is 1.44 bits per heavy atom. The van der Waals surface area contributed by atoms with Crippen LogP contribution in [-0.4, -0.2) is 12.9 Å². The molecule has 0 aliphatic carbocycles. The molecule has 0 N–H and O–H groups in total. The molecule has 0 saturated heterocycles. The van der Waals surface area contributed by atoms with E-state index in [9.17, 15) is 30.7 Å². The van der Waals surface area contributed by atoms with Gasteiger partial charge in [0.25, 0.3) is 0 Å². The maximum Gasteiger partial charge on any atom is 0.206 e. The summed E-state index contributed by atoms with van der Waals surface area (Å²) in [6.45, 7) is 3.38. The Labute approximate surface area is 149 Å². The van der Waals surface area contributed by atoms with Gasteiger partial charge in [-0.1, -0.05) is 17.7 Å². The van der Waals surface area contributed by atoms with Crippen LogP contribution in [-0.2, 0) is 0 Å². The van der Waals surface area contributed by atoms with Crippen molar-refractivity contribution >= 4 is 34.7 Å². The lowest BCUT2D eigenvalue weighted by Crippen LogP contribution is -2.76. The van der Waals surface area contributed by atoms with Gasteiger partial charge in [-0.15, -0.1) is 0 Å². The third-order valence-electron chi connectivity index (χ3n) is 5.26. The van der Waals surface area contributed by atoms with Crippen LogP contribution in [0.2, 0.25) is 20.5 Å². The van der Waals surface area contributed by atoms with Gasteiger partial charge in [-0.25, -0.2) is 30.7 Å². The van der Waals surface area contributed by atoms with Crippen LogP contribution < -0.4 is 21.9 Å². The number of fused-ring (bicyclic) bond motifs is 2. The van der Waals surface area contributed by atoms with Gasteiger partial charge >= 0.3 is 0 Å². The molecule has 2 aromatic rings. The summed E-state index contributed by atoms with van der Waals surface area (Å²) < 4.78 is 115. The fraction of sp³-hybridized carbons (Fsp3) is 0.250. The van der Waals surface area contributed by atoms with Crippen molar-refractivity contribution in [1.82, 2.24) is 0 Å². The molecule has 0 radical (unpaired) electrons. The third-order valence-corrected chi connectivity index (χ3v) is 5.26. The fourth-order valence-corrected chi connectivity index (χ4v) is 4.03. The molecule has 3 rings (SSSR count). The number of hydrogen-bond donors (Lipinski definition) is 0. The summed E-state index contributed by atoms with van der Waals surface area (Å²) in [4.78, 5) is 0. The van der Waals surface area contributed by atoms with Crippen molar-refractivity contribution < 1.29 is 39.9 Å². The van der Waals surface area contributed by atoms with Crippen molar-refractivity contribution in [2.75, 3.05) is 0 Å². The van der Waals surface area contributed by atoms with E-state index in [-0.39, 0.29) is 5.46 Å². The van der Waals surface area contributed by atoms with E-state index in [0.717, 1.165) is 6.92 Å². The number of hydrogen-bond acceptors (Lipinski definition) is 0. The second kappa shape index (κ2) is 6.83. The molecule has 2 aromatic carbocycles. The molecule has 0 nitrogen and oxygen atoms in total. The molecule has 0 amide bonds.